The highest BCUT2D eigenvalue weighted by atomic mass is 79.9. The van der Waals surface area contributed by atoms with Gasteiger partial charge in [0.25, 0.3) is 0 Å². The third kappa shape index (κ3) is 7.14. The summed E-state index contributed by atoms with van der Waals surface area (Å²) >= 11 is 9.70. The molecule has 0 aromatic heterocycles. The average Bonchev–Trinajstić information content (AvgIpc) is 2.51. The van der Waals surface area contributed by atoms with Gasteiger partial charge in [-0.2, -0.15) is 0 Å². The maximum atomic E-state index is 12.4. The van der Waals surface area contributed by atoms with Gasteiger partial charge in [0.2, 0.25) is 11.8 Å². The highest BCUT2D eigenvalue weighted by Crippen LogP contribution is 2.45. The first kappa shape index (κ1) is 24.0. The lowest BCUT2D eigenvalue weighted by molar-refractivity contribution is -0.115. The van der Waals surface area contributed by atoms with Crippen LogP contribution < -0.4 is 10.6 Å². The number of rotatable bonds is 7. The molecule has 0 bridgehead atoms. The molecule has 0 saturated carbocycles. The van der Waals surface area contributed by atoms with Crippen molar-refractivity contribution in [2.45, 2.75) is 20.3 Å². The van der Waals surface area contributed by atoms with Gasteiger partial charge in [-0.1, -0.05) is 0 Å². The molecule has 1 aromatic carbocycles. The molecule has 0 aliphatic heterocycles. The molecule has 1 aromatic rings. The Morgan fingerprint density at radius 1 is 0.963 bits per heavy atom. The van der Waals surface area contributed by atoms with Crippen LogP contribution in [0.1, 0.15) is 30.6 Å². The van der Waals surface area contributed by atoms with E-state index in [9.17, 15) is 27.4 Å². The predicted molar refractivity (Wildman–Crippen MR) is 108 cm³/mol. The number of halogens is 3. The molecule has 13 heteroatoms. The van der Waals surface area contributed by atoms with Gasteiger partial charge in [0.1, 0.15) is 0 Å². The highest BCUT2D eigenvalue weighted by Gasteiger charge is 2.26. The van der Waals surface area contributed by atoms with E-state index >= 15 is 0 Å². The van der Waals surface area contributed by atoms with Crippen molar-refractivity contribution in [3.8, 4) is 0 Å². The van der Waals surface area contributed by atoms with Gasteiger partial charge in [0.05, 0.1) is 47.1 Å². The van der Waals surface area contributed by atoms with E-state index in [0.717, 1.165) is 0 Å². The molecule has 0 atom stereocenters. The zero-order chi connectivity index (χ0) is 20.9. The molecule has 0 aliphatic carbocycles. The van der Waals surface area contributed by atoms with Crippen LogP contribution >= 0.6 is 47.8 Å². The molecule has 0 radical (unpaired) electrons. The van der Waals surface area contributed by atoms with Gasteiger partial charge in [0.15, 0.2) is 0 Å². The number of carbonyl (C=O) groups is 3. The Morgan fingerprint density at radius 3 is 1.78 bits per heavy atom. The molecule has 1 rings (SSSR count). The minimum Gasteiger partial charge on any atom is -0.748 e. The van der Waals surface area contributed by atoms with E-state index in [1.807, 2.05) is 0 Å². The van der Waals surface area contributed by atoms with Crippen LogP contribution in [0.3, 0.4) is 0 Å². The summed E-state index contributed by atoms with van der Waals surface area (Å²) in [7, 11) is -4.41. The first-order chi connectivity index (χ1) is 12.3. The van der Waals surface area contributed by atoms with Crippen LogP contribution in [-0.2, 0) is 24.4 Å². The van der Waals surface area contributed by atoms with Gasteiger partial charge in [-0.3, -0.25) is 9.59 Å². The van der Waals surface area contributed by atoms with Gasteiger partial charge in [0, 0.05) is 19.6 Å². The number of amides is 2. The number of esters is 1. The highest BCUT2D eigenvalue weighted by molar-refractivity contribution is 9.12. The molecular formula is C14H14Br3N2O7S-. The Balaban J connectivity index is 3.28. The normalized spacial score (nSPS) is 11.0. The van der Waals surface area contributed by atoms with Crippen molar-refractivity contribution in [3.05, 3.63) is 19.0 Å². The van der Waals surface area contributed by atoms with Crippen LogP contribution in [0.2, 0.25) is 0 Å². The first-order valence-corrected chi connectivity index (χ1v) is 11.2. The number of carbonyl (C=O) groups excluding carboxylic acids is 3. The number of anilines is 2. The van der Waals surface area contributed by atoms with Gasteiger partial charge in [-0.15, -0.1) is 0 Å². The molecule has 2 amide bonds. The summed E-state index contributed by atoms with van der Waals surface area (Å²) in [5.41, 5.74) is 0.322. The molecule has 0 heterocycles. The van der Waals surface area contributed by atoms with E-state index in [2.05, 4.69) is 58.4 Å². The number of ether oxygens (including phenoxy) is 1. The molecule has 150 valence electrons. The van der Waals surface area contributed by atoms with Crippen LogP contribution in [0.4, 0.5) is 11.4 Å². The number of hydrogen-bond donors (Lipinski definition) is 2. The maximum absolute atomic E-state index is 12.4. The van der Waals surface area contributed by atoms with Crippen LogP contribution in [0.25, 0.3) is 0 Å². The summed E-state index contributed by atoms with van der Waals surface area (Å²) in [4.78, 5) is 35.4. The number of nitrogens with one attached hydrogen (secondary N) is 2. The zero-order valence-electron chi connectivity index (χ0n) is 14.0. The zero-order valence-corrected chi connectivity index (χ0v) is 19.6. The van der Waals surface area contributed by atoms with Gasteiger partial charge >= 0.3 is 5.97 Å². The van der Waals surface area contributed by atoms with Crippen molar-refractivity contribution in [2.24, 2.45) is 0 Å². The molecule has 0 saturated heterocycles. The fourth-order valence-electron chi connectivity index (χ4n) is 1.89. The number of hydrogen-bond acceptors (Lipinski definition) is 7. The molecule has 0 fully saturated rings. The topological polar surface area (TPSA) is 142 Å². The molecule has 0 aliphatic rings. The molecule has 2 N–H and O–H groups in total. The molecular weight excluding hydrogens is 580 g/mol. The van der Waals surface area contributed by atoms with Crippen molar-refractivity contribution in [3.63, 3.8) is 0 Å². The summed E-state index contributed by atoms with van der Waals surface area (Å²) in [6.45, 7) is 2.22. The smallest absolute Gasteiger partial charge is 0.340 e. The van der Waals surface area contributed by atoms with E-state index in [0.29, 0.717) is 4.47 Å². The third-order valence-electron chi connectivity index (χ3n) is 2.89. The minimum absolute atomic E-state index is 0.0457. The second-order valence-electron chi connectivity index (χ2n) is 5.18. The van der Waals surface area contributed by atoms with Crippen molar-refractivity contribution < 1.29 is 32.1 Å². The standard InChI is InChI=1S/C14H15Br3N2O7S/c1-6(20)18-12-9(15)8(10(16)13(11(12)17)19-7(2)21)14(22)26-4-3-5-27(23,24)25/h3-5H2,1-2H3,(H,18,20)(H,19,21)(H,23,24,25)/p-1. The average molecular weight is 594 g/mol. The quantitative estimate of drug-likeness (QED) is 0.281. The van der Waals surface area contributed by atoms with Crippen molar-refractivity contribution >= 4 is 87.1 Å². The number of benzene rings is 1. The van der Waals surface area contributed by atoms with Crippen molar-refractivity contribution in [2.75, 3.05) is 23.0 Å². The first-order valence-electron chi connectivity index (χ1n) is 7.21. The Bertz CT molecular complexity index is 844. The fourth-order valence-corrected chi connectivity index (χ4v) is 5.07. The monoisotopic (exact) mass is 591 g/mol. The fraction of sp³-hybridized carbons (Fsp3) is 0.357. The van der Waals surface area contributed by atoms with Gasteiger partial charge in [-0.25, -0.2) is 13.2 Å². The predicted octanol–water partition coefficient (Wildman–Crippen LogP) is 2.98. The maximum Gasteiger partial charge on any atom is 0.340 e. The Labute approximate surface area is 180 Å². The lowest BCUT2D eigenvalue weighted by Gasteiger charge is -2.19. The van der Waals surface area contributed by atoms with Crippen LogP contribution in [-0.4, -0.2) is 43.1 Å². The Morgan fingerprint density at radius 2 is 1.41 bits per heavy atom. The lowest BCUT2D eigenvalue weighted by atomic mass is 10.1. The van der Waals surface area contributed by atoms with E-state index in [1.54, 1.807) is 0 Å². The van der Waals surface area contributed by atoms with Crippen molar-refractivity contribution in [1.29, 1.82) is 0 Å². The molecule has 0 spiro atoms. The second kappa shape index (κ2) is 9.96. The van der Waals surface area contributed by atoms with E-state index in [-0.39, 0.29) is 38.9 Å². The molecule has 9 nitrogen and oxygen atoms in total. The minimum atomic E-state index is -4.41. The summed E-state index contributed by atoms with van der Waals surface area (Å²) in [6.07, 6.45) is -0.166. The summed E-state index contributed by atoms with van der Waals surface area (Å²) in [5.74, 6) is -2.38. The second-order valence-corrected chi connectivity index (χ2v) is 9.08. The van der Waals surface area contributed by atoms with Crippen LogP contribution in [0, 0.1) is 0 Å². The van der Waals surface area contributed by atoms with Crippen molar-refractivity contribution in [1.82, 2.24) is 0 Å². The lowest BCUT2D eigenvalue weighted by Crippen LogP contribution is -2.16. The molecule has 0 unspecified atom stereocenters. The van der Waals surface area contributed by atoms with Gasteiger partial charge < -0.3 is 19.9 Å². The summed E-state index contributed by atoms with van der Waals surface area (Å²) < 4.78 is 37.4. The molecule has 27 heavy (non-hydrogen) atoms. The largest absolute Gasteiger partial charge is 0.748 e. The van der Waals surface area contributed by atoms with E-state index < -0.39 is 33.7 Å². The third-order valence-corrected chi connectivity index (χ3v) is 6.06. The summed E-state index contributed by atoms with van der Waals surface area (Å²) in [5, 5.41) is 5.06. The Hall–Kier alpha value is -1.02. The summed E-state index contributed by atoms with van der Waals surface area (Å²) in [6, 6.07) is 0. The Kier molecular flexibility index (Phi) is 8.86. The van der Waals surface area contributed by atoms with Crippen LogP contribution in [0.5, 0.6) is 0 Å². The van der Waals surface area contributed by atoms with Crippen LogP contribution in [0.15, 0.2) is 13.4 Å². The van der Waals surface area contributed by atoms with Gasteiger partial charge in [-0.05, 0) is 54.2 Å². The SMILES string of the molecule is CC(=O)Nc1c(Br)c(NC(C)=O)c(Br)c(C(=O)OCCCS(=O)(=O)[O-])c1Br. The van der Waals surface area contributed by atoms with E-state index in [4.69, 9.17) is 4.74 Å². The van der Waals surface area contributed by atoms with E-state index in [1.165, 1.54) is 13.8 Å².